The van der Waals surface area contributed by atoms with Gasteiger partial charge in [-0.1, -0.05) is 6.07 Å². The van der Waals surface area contributed by atoms with Crippen molar-refractivity contribution in [2.24, 2.45) is 11.5 Å². The predicted molar refractivity (Wildman–Crippen MR) is 69.5 cm³/mol. The fraction of sp³-hybridized carbons (Fsp3) is 0.333. The molecule has 0 fully saturated rings. The average molecular weight is 304 g/mol. The van der Waals surface area contributed by atoms with Crippen LogP contribution in [0.5, 0.6) is 0 Å². The summed E-state index contributed by atoms with van der Waals surface area (Å²) >= 11 is 0. The molecule has 0 aliphatic carbocycles. The molecule has 0 aliphatic rings. The largest absolute Gasteiger partial charge is 0.416 e. The number of benzene rings is 1. The minimum atomic E-state index is -4.60. The fourth-order valence-corrected chi connectivity index (χ4v) is 1.85. The standard InChI is InChI=1S/C12H15F3N4O2/c13-12(14,15)9-3-8(16)2-1-7(9)4-19(5-10(17)20)6-11(18)21/h1-3H,4-6,16H2,(H2,17,20)(H2,18,21). The average Bonchev–Trinajstić information content (AvgIpc) is 2.28. The van der Waals surface area contributed by atoms with Crippen LogP contribution in [-0.2, 0) is 22.3 Å². The number of nitrogens with zero attached hydrogens (tertiary/aromatic N) is 1. The Bertz CT molecular complexity index is 530. The van der Waals surface area contributed by atoms with Gasteiger partial charge in [0.25, 0.3) is 0 Å². The van der Waals surface area contributed by atoms with E-state index in [1.807, 2.05) is 0 Å². The van der Waals surface area contributed by atoms with Crippen molar-refractivity contribution in [3.8, 4) is 0 Å². The number of primary amides is 2. The Kier molecular flexibility index (Phi) is 5.14. The zero-order valence-corrected chi connectivity index (χ0v) is 11.0. The molecule has 0 spiro atoms. The predicted octanol–water partition coefficient (Wildman–Crippen LogP) is 0.0602. The number of alkyl halides is 3. The van der Waals surface area contributed by atoms with Gasteiger partial charge in [-0.05, 0) is 17.7 Å². The summed E-state index contributed by atoms with van der Waals surface area (Å²) < 4.78 is 38.8. The number of hydrogen-bond donors (Lipinski definition) is 3. The van der Waals surface area contributed by atoms with Gasteiger partial charge in [-0.25, -0.2) is 0 Å². The first-order chi connectivity index (χ1) is 9.59. The smallest absolute Gasteiger partial charge is 0.399 e. The SMILES string of the molecule is NC(=O)CN(CC(N)=O)Cc1ccc(N)cc1C(F)(F)F. The van der Waals surface area contributed by atoms with E-state index < -0.39 is 23.6 Å². The number of carbonyl (C=O) groups excluding carboxylic acids is 2. The third-order valence-corrected chi connectivity index (χ3v) is 2.59. The first-order valence-electron chi connectivity index (χ1n) is 5.84. The molecule has 0 bridgehead atoms. The summed E-state index contributed by atoms with van der Waals surface area (Å²) in [5.41, 5.74) is 14.3. The summed E-state index contributed by atoms with van der Waals surface area (Å²) in [5.74, 6) is -1.56. The van der Waals surface area contributed by atoms with Gasteiger partial charge in [-0.3, -0.25) is 14.5 Å². The summed E-state index contributed by atoms with van der Waals surface area (Å²) in [4.78, 5) is 22.9. The molecule has 6 nitrogen and oxygen atoms in total. The van der Waals surface area contributed by atoms with E-state index in [9.17, 15) is 22.8 Å². The number of amides is 2. The molecule has 116 valence electrons. The highest BCUT2D eigenvalue weighted by Crippen LogP contribution is 2.33. The van der Waals surface area contributed by atoms with Gasteiger partial charge in [0, 0.05) is 12.2 Å². The highest BCUT2D eigenvalue weighted by Gasteiger charge is 2.34. The van der Waals surface area contributed by atoms with E-state index in [0.29, 0.717) is 0 Å². The van der Waals surface area contributed by atoms with E-state index in [1.54, 1.807) is 0 Å². The lowest BCUT2D eigenvalue weighted by Gasteiger charge is -2.21. The van der Waals surface area contributed by atoms with Crippen LogP contribution in [0, 0.1) is 0 Å². The second-order valence-corrected chi connectivity index (χ2v) is 4.49. The Morgan fingerprint density at radius 2 is 1.62 bits per heavy atom. The van der Waals surface area contributed by atoms with Crippen molar-refractivity contribution in [1.29, 1.82) is 0 Å². The molecule has 0 unspecified atom stereocenters. The van der Waals surface area contributed by atoms with Crippen LogP contribution < -0.4 is 17.2 Å². The van der Waals surface area contributed by atoms with E-state index in [4.69, 9.17) is 17.2 Å². The van der Waals surface area contributed by atoms with Gasteiger partial charge in [0.2, 0.25) is 11.8 Å². The van der Waals surface area contributed by atoms with Crippen LogP contribution in [0.2, 0.25) is 0 Å². The molecule has 1 rings (SSSR count). The van der Waals surface area contributed by atoms with Crippen molar-refractivity contribution >= 4 is 17.5 Å². The Morgan fingerprint density at radius 1 is 1.10 bits per heavy atom. The number of carbonyl (C=O) groups is 2. The third kappa shape index (κ3) is 5.30. The molecule has 1 aromatic rings. The highest BCUT2D eigenvalue weighted by atomic mass is 19.4. The summed E-state index contributed by atoms with van der Waals surface area (Å²) in [6, 6.07) is 3.28. The van der Waals surface area contributed by atoms with E-state index in [-0.39, 0.29) is 30.9 Å². The molecule has 2 amide bonds. The van der Waals surface area contributed by atoms with E-state index in [1.165, 1.54) is 12.1 Å². The Balaban J connectivity index is 3.08. The van der Waals surface area contributed by atoms with Crippen LogP contribution in [0.1, 0.15) is 11.1 Å². The Morgan fingerprint density at radius 3 is 2.05 bits per heavy atom. The normalized spacial score (nSPS) is 11.6. The van der Waals surface area contributed by atoms with Crippen molar-refractivity contribution in [2.45, 2.75) is 12.7 Å². The maximum absolute atomic E-state index is 12.9. The molecule has 21 heavy (non-hydrogen) atoms. The zero-order chi connectivity index (χ0) is 16.2. The minimum absolute atomic E-state index is 0.0394. The summed E-state index contributed by atoms with van der Waals surface area (Å²) in [6.45, 7) is -1.07. The Labute approximate surface area is 118 Å². The van der Waals surface area contributed by atoms with Crippen LogP contribution >= 0.6 is 0 Å². The number of rotatable bonds is 6. The van der Waals surface area contributed by atoms with Crippen molar-refractivity contribution in [1.82, 2.24) is 4.90 Å². The van der Waals surface area contributed by atoms with Crippen LogP contribution in [0.25, 0.3) is 0 Å². The van der Waals surface area contributed by atoms with E-state index >= 15 is 0 Å². The molecule has 0 saturated carbocycles. The highest BCUT2D eigenvalue weighted by molar-refractivity contribution is 5.79. The first kappa shape index (κ1) is 16.8. The first-order valence-corrected chi connectivity index (χ1v) is 5.84. The minimum Gasteiger partial charge on any atom is -0.399 e. The molecule has 9 heteroatoms. The molecule has 0 radical (unpaired) electrons. The van der Waals surface area contributed by atoms with Gasteiger partial charge in [0.1, 0.15) is 0 Å². The lowest BCUT2D eigenvalue weighted by Crippen LogP contribution is -2.39. The summed E-state index contributed by atoms with van der Waals surface area (Å²) in [5, 5.41) is 0. The van der Waals surface area contributed by atoms with Crippen LogP contribution in [0.3, 0.4) is 0 Å². The van der Waals surface area contributed by atoms with Crippen LogP contribution in [0.15, 0.2) is 18.2 Å². The van der Waals surface area contributed by atoms with Crippen LogP contribution in [-0.4, -0.2) is 29.8 Å². The quantitative estimate of drug-likeness (QED) is 0.644. The van der Waals surface area contributed by atoms with Crippen molar-refractivity contribution in [3.63, 3.8) is 0 Å². The fourth-order valence-electron chi connectivity index (χ4n) is 1.85. The van der Waals surface area contributed by atoms with Crippen molar-refractivity contribution in [2.75, 3.05) is 18.8 Å². The molecule has 6 N–H and O–H groups in total. The Hall–Kier alpha value is -2.29. The summed E-state index contributed by atoms with van der Waals surface area (Å²) in [7, 11) is 0. The number of anilines is 1. The van der Waals surface area contributed by atoms with Gasteiger partial charge >= 0.3 is 6.18 Å². The molecular formula is C12H15F3N4O2. The number of nitrogens with two attached hydrogens (primary N) is 3. The topological polar surface area (TPSA) is 115 Å². The van der Waals surface area contributed by atoms with Gasteiger partial charge in [0.15, 0.2) is 0 Å². The van der Waals surface area contributed by atoms with Gasteiger partial charge in [-0.2, -0.15) is 13.2 Å². The monoisotopic (exact) mass is 304 g/mol. The maximum atomic E-state index is 12.9. The van der Waals surface area contributed by atoms with E-state index in [2.05, 4.69) is 0 Å². The zero-order valence-electron chi connectivity index (χ0n) is 11.0. The molecular weight excluding hydrogens is 289 g/mol. The third-order valence-electron chi connectivity index (χ3n) is 2.59. The van der Waals surface area contributed by atoms with Crippen molar-refractivity contribution < 1.29 is 22.8 Å². The van der Waals surface area contributed by atoms with Crippen LogP contribution in [0.4, 0.5) is 18.9 Å². The van der Waals surface area contributed by atoms with Crippen molar-refractivity contribution in [3.05, 3.63) is 29.3 Å². The molecule has 0 atom stereocenters. The van der Waals surface area contributed by atoms with Gasteiger partial charge < -0.3 is 17.2 Å². The van der Waals surface area contributed by atoms with Gasteiger partial charge in [0.05, 0.1) is 18.7 Å². The second kappa shape index (κ2) is 6.44. The molecule has 1 aromatic carbocycles. The second-order valence-electron chi connectivity index (χ2n) is 4.49. The molecule has 0 aromatic heterocycles. The van der Waals surface area contributed by atoms with E-state index in [0.717, 1.165) is 11.0 Å². The molecule has 0 heterocycles. The van der Waals surface area contributed by atoms with Gasteiger partial charge in [-0.15, -0.1) is 0 Å². The molecule has 0 saturated heterocycles. The number of hydrogen-bond acceptors (Lipinski definition) is 4. The number of nitrogen functional groups attached to an aromatic ring is 1. The maximum Gasteiger partial charge on any atom is 0.416 e. The number of halogens is 3. The lowest BCUT2D eigenvalue weighted by atomic mass is 10.1. The molecule has 0 aliphatic heterocycles. The lowest BCUT2D eigenvalue weighted by molar-refractivity contribution is -0.138. The summed E-state index contributed by atoms with van der Waals surface area (Å²) in [6.07, 6.45) is -4.60.